The highest BCUT2D eigenvalue weighted by molar-refractivity contribution is 4.75. The molecule has 98 valence electrons. The standard InChI is InChI=1S/C13H29NO2/c1-4-5-6-7-8-9-13(2,15)12-14-10-11-16-3/h14-15H,4-12H2,1-3H3. The van der Waals surface area contributed by atoms with Crippen molar-refractivity contribution in [2.75, 3.05) is 26.8 Å². The van der Waals surface area contributed by atoms with Crippen molar-refractivity contribution in [1.29, 1.82) is 0 Å². The summed E-state index contributed by atoms with van der Waals surface area (Å²) in [4.78, 5) is 0. The number of hydrogen-bond acceptors (Lipinski definition) is 3. The van der Waals surface area contributed by atoms with E-state index in [-0.39, 0.29) is 0 Å². The fraction of sp³-hybridized carbons (Fsp3) is 1.00. The average Bonchev–Trinajstić information content (AvgIpc) is 2.24. The van der Waals surface area contributed by atoms with E-state index in [1.165, 1.54) is 25.7 Å². The zero-order valence-electron chi connectivity index (χ0n) is 11.2. The average molecular weight is 231 g/mol. The van der Waals surface area contributed by atoms with Gasteiger partial charge < -0.3 is 15.2 Å². The molecule has 3 heteroatoms. The van der Waals surface area contributed by atoms with Crippen molar-refractivity contribution < 1.29 is 9.84 Å². The molecule has 0 saturated heterocycles. The van der Waals surface area contributed by atoms with Crippen molar-refractivity contribution in [1.82, 2.24) is 5.32 Å². The van der Waals surface area contributed by atoms with Crippen LogP contribution in [-0.2, 0) is 4.74 Å². The second-order valence-corrected chi connectivity index (χ2v) is 4.83. The summed E-state index contributed by atoms with van der Waals surface area (Å²) in [6.07, 6.45) is 7.13. The summed E-state index contributed by atoms with van der Waals surface area (Å²) in [5.41, 5.74) is -0.569. The molecule has 0 aliphatic rings. The minimum atomic E-state index is -0.569. The zero-order valence-corrected chi connectivity index (χ0v) is 11.2. The Kier molecular flexibility index (Phi) is 9.99. The SMILES string of the molecule is CCCCCCCC(C)(O)CNCCOC. The first kappa shape index (κ1) is 15.9. The number of rotatable bonds is 11. The molecule has 16 heavy (non-hydrogen) atoms. The molecule has 0 spiro atoms. The minimum Gasteiger partial charge on any atom is -0.389 e. The van der Waals surface area contributed by atoms with Crippen LogP contribution < -0.4 is 5.32 Å². The van der Waals surface area contributed by atoms with Crippen LogP contribution in [-0.4, -0.2) is 37.5 Å². The van der Waals surface area contributed by atoms with Crippen LogP contribution in [0.4, 0.5) is 0 Å². The molecule has 0 fully saturated rings. The Hall–Kier alpha value is -0.120. The van der Waals surface area contributed by atoms with E-state index >= 15 is 0 Å². The minimum absolute atomic E-state index is 0.569. The number of nitrogens with one attached hydrogen (secondary N) is 1. The van der Waals surface area contributed by atoms with Gasteiger partial charge >= 0.3 is 0 Å². The maximum absolute atomic E-state index is 10.1. The summed E-state index contributed by atoms with van der Waals surface area (Å²) in [6.45, 7) is 6.29. The third-order valence-corrected chi connectivity index (χ3v) is 2.81. The largest absolute Gasteiger partial charge is 0.389 e. The van der Waals surface area contributed by atoms with Gasteiger partial charge in [0.25, 0.3) is 0 Å². The number of unbranched alkanes of at least 4 members (excludes halogenated alkanes) is 4. The Morgan fingerprint density at radius 3 is 2.50 bits per heavy atom. The van der Waals surface area contributed by atoms with E-state index in [4.69, 9.17) is 4.74 Å². The van der Waals surface area contributed by atoms with E-state index in [0.29, 0.717) is 13.2 Å². The summed E-state index contributed by atoms with van der Waals surface area (Å²) in [5, 5.41) is 13.3. The van der Waals surface area contributed by atoms with Gasteiger partial charge in [0.2, 0.25) is 0 Å². The molecule has 0 heterocycles. The van der Waals surface area contributed by atoms with Gasteiger partial charge in [-0.25, -0.2) is 0 Å². The predicted molar refractivity (Wildman–Crippen MR) is 68.7 cm³/mol. The Balaban J connectivity index is 3.38. The van der Waals surface area contributed by atoms with Gasteiger partial charge in [-0.2, -0.15) is 0 Å². The molecule has 0 aromatic rings. The van der Waals surface area contributed by atoms with Crippen LogP contribution in [0.15, 0.2) is 0 Å². The van der Waals surface area contributed by atoms with E-state index in [0.717, 1.165) is 19.4 Å². The van der Waals surface area contributed by atoms with Crippen LogP contribution in [0.3, 0.4) is 0 Å². The van der Waals surface area contributed by atoms with Crippen molar-refractivity contribution in [2.24, 2.45) is 0 Å². The molecule has 0 rings (SSSR count). The maximum atomic E-state index is 10.1. The first-order valence-electron chi connectivity index (χ1n) is 6.54. The highest BCUT2D eigenvalue weighted by atomic mass is 16.5. The Bertz CT molecular complexity index is 149. The predicted octanol–water partition coefficient (Wildman–Crippen LogP) is 2.33. The smallest absolute Gasteiger partial charge is 0.0743 e. The van der Waals surface area contributed by atoms with Crippen molar-refractivity contribution in [3.8, 4) is 0 Å². The Morgan fingerprint density at radius 1 is 1.19 bits per heavy atom. The lowest BCUT2D eigenvalue weighted by Crippen LogP contribution is -2.38. The first-order valence-corrected chi connectivity index (χ1v) is 6.54. The quantitative estimate of drug-likeness (QED) is 0.536. The fourth-order valence-electron chi connectivity index (χ4n) is 1.73. The van der Waals surface area contributed by atoms with Gasteiger partial charge in [-0.05, 0) is 13.3 Å². The van der Waals surface area contributed by atoms with Crippen LogP contribution in [0.25, 0.3) is 0 Å². The van der Waals surface area contributed by atoms with Crippen LogP contribution in [0.5, 0.6) is 0 Å². The summed E-state index contributed by atoms with van der Waals surface area (Å²) in [5.74, 6) is 0. The third-order valence-electron chi connectivity index (χ3n) is 2.81. The van der Waals surface area contributed by atoms with Crippen molar-refractivity contribution in [3.05, 3.63) is 0 Å². The molecule has 0 aliphatic carbocycles. The van der Waals surface area contributed by atoms with Crippen molar-refractivity contribution >= 4 is 0 Å². The van der Waals surface area contributed by atoms with Crippen LogP contribution >= 0.6 is 0 Å². The molecule has 1 atom stereocenters. The van der Waals surface area contributed by atoms with Gasteiger partial charge in [0.1, 0.15) is 0 Å². The number of hydrogen-bond donors (Lipinski definition) is 2. The van der Waals surface area contributed by atoms with Gasteiger partial charge in [-0.1, -0.05) is 39.0 Å². The number of methoxy groups -OCH3 is 1. The van der Waals surface area contributed by atoms with Gasteiger partial charge in [0.15, 0.2) is 0 Å². The third kappa shape index (κ3) is 10.4. The van der Waals surface area contributed by atoms with E-state index in [1.807, 2.05) is 6.92 Å². The summed E-state index contributed by atoms with van der Waals surface area (Å²) in [7, 11) is 1.69. The van der Waals surface area contributed by atoms with Gasteiger partial charge in [-0.3, -0.25) is 0 Å². The zero-order chi connectivity index (χ0) is 12.3. The molecule has 3 nitrogen and oxygen atoms in total. The second kappa shape index (κ2) is 10.1. The summed E-state index contributed by atoms with van der Waals surface area (Å²) in [6, 6.07) is 0. The van der Waals surface area contributed by atoms with Crippen molar-refractivity contribution in [3.63, 3.8) is 0 Å². The van der Waals surface area contributed by atoms with Crippen molar-refractivity contribution in [2.45, 2.75) is 58.0 Å². The van der Waals surface area contributed by atoms with Gasteiger partial charge in [0, 0.05) is 20.2 Å². The molecule has 2 N–H and O–H groups in total. The van der Waals surface area contributed by atoms with E-state index in [9.17, 15) is 5.11 Å². The van der Waals surface area contributed by atoms with Crippen LogP contribution in [0.1, 0.15) is 52.4 Å². The van der Waals surface area contributed by atoms with Gasteiger partial charge in [-0.15, -0.1) is 0 Å². The summed E-state index contributed by atoms with van der Waals surface area (Å²) < 4.78 is 4.94. The lowest BCUT2D eigenvalue weighted by Gasteiger charge is -2.23. The molecule has 0 aliphatic heterocycles. The van der Waals surface area contributed by atoms with E-state index in [2.05, 4.69) is 12.2 Å². The first-order chi connectivity index (χ1) is 7.62. The normalized spacial score (nSPS) is 15.0. The number of ether oxygens (including phenoxy) is 1. The maximum Gasteiger partial charge on any atom is 0.0743 e. The molecule has 1 unspecified atom stereocenters. The van der Waals surface area contributed by atoms with Gasteiger partial charge in [0.05, 0.1) is 12.2 Å². The summed E-state index contributed by atoms with van der Waals surface area (Å²) >= 11 is 0. The van der Waals surface area contributed by atoms with E-state index in [1.54, 1.807) is 7.11 Å². The Morgan fingerprint density at radius 2 is 1.88 bits per heavy atom. The molecular weight excluding hydrogens is 202 g/mol. The van der Waals surface area contributed by atoms with Crippen LogP contribution in [0.2, 0.25) is 0 Å². The lowest BCUT2D eigenvalue weighted by molar-refractivity contribution is 0.0464. The highest BCUT2D eigenvalue weighted by Crippen LogP contribution is 2.14. The number of aliphatic hydroxyl groups is 1. The lowest BCUT2D eigenvalue weighted by atomic mass is 9.97. The Labute approximate surface area is 101 Å². The monoisotopic (exact) mass is 231 g/mol. The fourth-order valence-corrected chi connectivity index (χ4v) is 1.73. The topological polar surface area (TPSA) is 41.5 Å². The second-order valence-electron chi connectivity index (χ2n) is 4.83. The van der Waals surface area contributed by atoms with Crippen LogP contribution in [0, 0.1) is 0 Å². The molecule has 0 amide bonds. The van der Waals surface area contributed by atoms with E-state index < -0.39 is 5.60 Å². The molecule has 0 aromatic carbocycles. The molecular formula is C13H29NO2. The highest BCUT2D eigenvalue weighted by Gasteiger charge is 2.18. The molecule has 0 bridgehead atoms. The molecule has 0 saturated carbocycles. The molecule has 0 radical (unpaired) electrons. The molecule has 0 aromatic heterocycles.